The fraction of sp³-hybridized carbons (Fsp3) is 0.667. The minimum atomic E-state index is -1.18. The summed E-state index contributed by atoms with van der Waals surface area (Å²) in [6.45, 7) is 1.57. The van der Waals surface area contributed by atoms with E-state index in [2.05, 4.69) is 9.99 Å². The summed E-state index contributed by atoms with van der Waals surface area (Å²) >= 11 is 0. The molecule has 1 aliphatic rings. The second-order valence-electron chi connectivity index (χ2n) is 4.71. The summed E-state index contributed by atoms with van der Waals surface area (Å²) in [5, 5.41) is 3.59. The molecular formula is C12H19N3O4. The van der Waals surface area contributed by atoms with Gasteiger partial charge in [0.1, 0.15) is 12.5 Å². The summed E-state index contributed by atoms with van der Waals surface area (Å²) in [7, 11) is 4.22. The molecule has 0 spiro atoms. The van der Waals surface area contributed by atoms with Crippen LogP contribution in [0.4, 0.5) is 4.79 Å². The third-order valence-electron chi connectivity index (χ3n) is 3.32. The third kappa shape index (κ3) is 2.74. The average Bonchev–Trinajstić information content (AvgIpc) is 2.41. The topological polar surface area (TPSA) is 79.3 Å². The molecular weight excluding hydrogens is 250 g/mol. The Labute approximate surface area is 112 Å². The van der Waals surface area contributed by atoms with Crippen LogP contribution in [0.1, 0.15) is 26.2 Å². The number of carbonyl (C=O) groups is 3. The van der Waals surface area contributed by atoms with Gasteiger partial charge in [0.2, 0.25) is 11.8 Å². The van der Waals surface area contributed by atoms with Crippen molar-refractivity contribution in [2.75, 3.05) is 21.2 Å². The lowest BCUT2D eigenvalue weighted by Gasteiger charge is -2.39. The Balaban J connectivity index is 2.77. The molecule has 7 heteroatoms. The molecule has 0 bridgehead atoms. The largest absolute Gasteiger partial charge is 0.399 e. The summed E-state index contributed by atoms with van der Waals surface area (Å²) in [6.07, 6.45) is 3.16. The molecule has 1 aliphatic heterocycles. The number of barbiturate groups is 1. The van der Waals surface area contributed by atoms with E-state index >= 15 is 0 Å². The Morgan fingerprint density at radius 1 is 1.21 bits per heavy atom. The third-order valence-corrected chi connectivity index (χ3v) is 3.32. The molecule has 0 N–H and O–H groups in total. The Morgan fingerprint density at radius 2 is 1.74 bits per heavy atom. The molecule has 0 aromatic carbocycles. The minimum absolute atomic E-state index is 0.363. The summed E-state index contributed by atoms with van der Waals surface area (Å²) < 4.78 is 0. The number of imide groups is 2. The predicted octanol–water partition coefficient (Wildman–Crippen LogP) is 0.846. The van der Waals surface area contributed by atoms with Gasteiger partial charge in [-0.15, -0.1) is 0 Å². The Kier molecular flexibility index (Phi) is 4.63. The molecule has 0 atom stereocenters. The number of hydrogen-bond acceptors (Lipinski definition) is 5. The van der Waals surface area contributed by atoms with E-state index in [1.165, 1.54) is 21.2 Å². The average molecular weight is 269 g/mol. The number of unbranched alkanes of at least 4 members (excludes halogenated alkanes) is 1. The molecule has 1 rings (SSSR count). The zero-order valence-electron chi connectivity index (χ0n) is 11.7. The number of oxime groups is 1. The molecule has 0 unspecified atom stereocenters. The molecule has 4 amide bonds. The van der Waals surface area contributed by atoms with Crippen molar-refractivity contribution >= 4 is 24.1 Å². The lowest BCUT2D eigenvalue weighted by molar-refractivity contribution is -0.156. The zero-order valence-corrected chi connectivity index (χ0v) is 11.7. The highest BCUT2D eigenvalue weighted by molar-refractivity contribution is 6.18. The first-order valence-electron chi connectivity index (χ1n) is 6.01. The first-order chi connectivity index (χ1) is 8.86. The highest BCUT2D eigenvalue weighted by Gasteiger charge is 2.51. The second-order valence-corrected chi connectivity index (χ2v) is 4.71. The fourth-order valence-corrected chi connectivity index (χ4v) is 2.12. The van der Waals surface area contributed by atoms with Crippen LogP contribution in [0, 0.1) is 5.41 Å². The van der Waals surface area contributed by atoms with E-state index in [9.17, 15) is 14.4 Å². The Hall–Kier alpha value is -1.92. The van der Waals surface area contributed by atoms with E-state index < -0.39 is 23.3 Å². The van der Waals surface area contributed by atoms with E-state index in [1.807, 2.05) is 0 Å². The van der Waals surface area contributed by atoms with E-state index in [0.29, 0.717) is 19.3 Å². The molecule has 0 aliphatic carbocycles. The van der Waals surface area contributed by atoms with Crippen molar-refractivity contribution in [3.63, 3.8) is 0 Å². The summed E-state index contributed by atoms with van der Waals surface area (Å²) in [5.74, 6) is -0.909. The van der Waals surface area contributed by atoms with Crippen molar-refractivity contribution in [2.24, 2.45) is 10.6 Å². The van der Waals surface area contributed by atoms with Crippen molar-refractivity contribution in [3.8, 4) is 0 Å². The number of rotatable bonds is 5. The molecule has 19 heavy (non-hydrogen) atoms. The van der Waals surface area contributed by atoms with Gasteiger partial charge in [-0.25, -0.2) is 4.79 Å². The summed E-state index contributed by atoms with van der Waals surface area (Å²) in [6, 6.07) is -0.589. The van der Waals surface area contributed by atoms with Crippen LogP contribution in [0.25, 0.3) is 0 Å². The van der Waals surface area contributed by atoms with Gasteiger partial charge in [0, 0.05) is 20.3 Å². The van der Waals surface area contributed by atoms with Gasteiger partial charge in [-0.2, -0.15) is 0 Å². The highest BCUT2D eigenvalue weighted by atomic mass is 16.6. The lowest BCUT2D eigenvalue weighted by Crippen LogP contribution is -2.61. The SMILES string of the molecule is CO/N=C/CCCC1(C)C(=O)N(C)C(=O)N(C)C1=O. The predicted molar refractivity (Wildman–Crippen MR) is 68.4 cm³/mol. The highest BCUT2D eigenvalue weighted by Crippen LogP contribution is 2.32. The van der Waals surface area contributed by atoms with Gasteiger partial charge in [-0.1, -0.05) is 5.16 Å². The van der Waals surface area contributed by atoms with Crippen molar-refractivity contribution in [1.82, 2.24) is 9.80 Å². The second kappa shape index (κ2) is 5.81. The number of hydrogen-bond donors (Lipinski definition) is 0. The molecule has 7 nitrogen and oxygen atoms in total. The lowest BCUT2D eigenvalue weighted by atomic mass is 9.80. The van der Waals surface area contributed by atoms with Crippen molar-refractivity contribution < 1.29 is 19.2 Å². The monoisotopic (exact) mass is 269 g/mol. The van der Waals surface area contributed by atoms with Crippen LogP contribution in [0.15, 0.2) is 5.16 Å². The standard InChI is InChI=1S/C12H19N3O4/c1-12(7-5-6-8-13-19-4)9(16)14(2)11(18)15(3)10(12)17/h8H,5-7H2,1-4H3/b13-8+. The van der Waals surface area contributed by atoms with E-state index in [-0.39, 0.29) is 0 Å². The molecule has 0 aromatic rings. The minimum Gasteiger partial charge on any atom is -0.399 e. The summed E-state index contributed by atoms with van der Waals surface area (Å²) in [5.41, 5.74) is -1.18. The number of urea groups is 1. The smallest absolute Gasteiger partial charge is 0.332 e. The number of amides is 4. The van der Waals surface area contributed by atoms with Gasteiger partial charge in [0.25, 0.3) is 0 Å². The van der Waals surface area contributed by atoms with E-state index in [1.54, 1.807) is 13.1 Å². The Bertz CT molecular complexity index is 395. The van der Waals surface area contributed by atoms with Crippen LogP contribution in [-0.4, -0.2) is 55.1 Å². The van der Waals surface area contributed by atoms with Crippen LogP contribution in [0.3, 0.4) is 0 Å². The van der Waals surface area contributed by atoms with Gasteiger partial charge in [0.05, 0.1) is 0 Å². The van der Waals surface area contributed by atoms with Crippen LogP contribution in [-0.2, 0) is 14.4 Å². The molecule has 0 aromatic heterocycles. The van der Waals surface area contributed by atoms with Gasteiger partial charge in [0.15, 0.2) is 0 Å². The van der Waals surface area contributed by atoms with Crippen LogP contribution < -0.4 is 0 Å². The maximum Gasteiger partial charge on any atom is 0.332 e. The van der Waals surface area contributed by atoms with Crippen LogP contribution in [0.5, 0.6) is 0 Å². The fourth-order valence-electron chi connectivity index (χ4n) is 2.12. The first-order valence-corrected chi connectivity index (χ1v) is 6.01. The Morgan fingerprint density at radius 3 is 2.21 bits per heavy atom. The number of carbonyl (C=O) groups excluding carboxylic acids is 3. The zero-order chi connectivity index (χ0) is 14.6. The van der Waals surface area contributed by atoms with Gasteiger partial charge in [-0.3, -0.25) is 19.4 Å². The molecule has 0 radical (unpaired) electrons. The van der Waals surface area contributed by atoms with Crippen molar-refractivity contribution in [1.29, 1.82) is 0 Å². The summed E-state index contributed by atoms with van der Waals surface area (Å²) in [4.78, 5) is 42.4. The molecule has 1 heterocycles. The molecule has 0 saturated carbocycles. The van der Waals surface area contributed by atoms with Crippen molar-refractivity contribution in [3.05, 3.63) is 0 Å². The molecule has 1 saturated heterocycles. The quantitative estimate of drug-likeness (QED) is 0.321. The van der Waals surface area contributed by atoms with E-state index in [0.717, 1.165) is 9.80 Å². The van der Waals surface area contributed by atoms with Crippen LogP contribution in [0.2, 0.25) is 0 Å². The first kappa shape index (κ1) is 15.1. The number of nitrogens with zero attached hydrogens (tertiary/aromatic N) is 3. The van der Waals surface area contributed by atoms with Gasteiger partial charge >= 0.3 is 6.03 Å². The van der Waals surface area contributed by atoms with Crippen LogP contribution >= 0.6 is 0 Å². The molecule has 1 fully saturated rings. The van der Waals surface area contributed by atoms with Gasteiger partial charge in [-0.05, 0) is 26.2 Å². The maximum atomic E-state index is 12.1. The maximum absolute atomic E-state index is 12.1. The van der Waals surface area contributed by atoms with Crippen molar-refractivity contribution in [2.45, 2.75) is 26.2 Å². The normalized spacial score (nSPS) is 19.5. The van der Waals surface area contributed by atoms with E-state index in [4.69, 9.17) is 0 Å². The van der Waals surface area contributed by atoms with Gasteiger partial charge < -0.3 is 4.84 Å². The molecule has 106 valence electrons.